The third kappa shape index (κ3) is 2.55. The molecule has 2 nitrogen and oxygen atoms in total. The first-order valence-corrected chi connectivity index (χ1v) is 5.96. The van der Waals surface area contributed by atoms with Crippen LogP contribution in [-0.2, 0) is 6.61 Å². The molecule has 2 aromatic rings. The maximum atomic E-state index is 9.28. The van der Waals surface area contributed by atoms with E-state index in [2.05, 4.69) is 4.98 Å². The van der Waals surface area contributed by atoms with Gasteiger partial charge in [-0.3, -0.25) is 0 Å². The van der Waals surface area contributed by atoms with Crippen LogP contribution in [0.15, 0.2) is 30.5 Å². The highest BCUT2D eigenvalue weighted by Gasteiger charge is 2.11. The number of benzene rings is 1. The molecule has 0 unspecified atom stereocenters. The monoisotopic (exact) mass is 287 g/mol. The first-order valence-electron chi connectivity index (χ1n) is 4.83. The van der Waals surface area contributed by atoms with Crippen LogP contribution in [-0.4, -0.2) is 10.1 Å². The highest BCUT2D eigenvalue weighted by molar-refractivity contribution is 6.42. The Kier molecular flexibility index (Phi) is 3.89. The van der Waals surface area contributed by atoms with Crippen molar-refractivity contribution in [2.45, 2.75) is 6.61 Å². The van der Waals surface area contributed by atoms with E-state index in [0.717, 1.165) is 5.56 Å². The molecule has 17 heavy (non-hydrogen) atoms. The van der Waals surface area contributed by atoms with E-state index in [4.69, 9.17) is 34.8 Å². The highest BCUT2D eigenvalue weighted by Crippen LogP contribution is 2.33. The Morgan fingerprint density at radius 1 is 1.06 bits per heavy atom. The molecule has 1 aromatic heterocycles. The van der Waals surface area contributed by atoms with Gasteiger partial charge in [-0.2, -0.15) is 0 Å². The summed E-state index contributed by atoms with van der Waals surface area (Å²) in [6.07, 6.45) is 1.55. The minimum Gasteiger partial charge on any atom is -0.392 e. The van der Waals surface area contributed by atoms with E-state index < -0.39 is 0 Å². The van der Waals surface area contributed by atoms with Gasteiger partial charge in [0.15, 0.2) is 0 Å². The fourth-order valence-corrected chi connectivity index (χ4v) is 2.15. The molecule has 0 spiro atoms. The van der Waals surface area contributed by atoms with Crippen LogP contribution in [0.4, 0.5) is 0 Å². The van der Waals surface area contributed by atoms with Crippen molar-refractivity contribution in [3.8, 4) is 11.1 Å². The summed E-state index contributed by atoms with van der Waals surface area (Å²) >= 11 is 17.8. The van der Waals surface area contributed by atoms with Crippen LogP contribution in [0, 0.1) is 0 Å². The molecule has 0 aliphatic heterocycles. The van der Waals surface area contributed by atoms with E-state index in [-0.39, 0.29) is 6.61 Å². The number of rotatable bonds is 2. The normalized spacial score (nSPS) is 10.6. The molecule has 1 N–H and O–H groups in total. The Labute approximate surface area is 114 Å². The van der Waals surface area contributed by atoms with Crippen molar-refractivity contribution in [1.82, 2.24) is 4.98 Å². The van der Waals surface area contributed by atoms with Crippen LogP contribution >= 0.6 is 34.8 Å². The second-order valence-corrected chi connectivity index (χ2v) is 4.60. The van der Waals surface area contributed by atoms with Crippen molar-refractivity contribution >= 4 is 34.8 Å². The SMILES string of the molecule is OCc1ccnc(Cl)c1-c1ccc(Cl)c(Cl)c1. The number of halogens is 3. The summed E-state index contributed by atoms with van der Waals surface area (Å²) in [5.41, 5.74) is 2.15. The molecular formula is C12H8Cl3NO. The number of aliphatic hydroxyl groups excluding tert-OH is 1. The Morgan fingerprint density at radius 3 is 2.47 bits per heavy atom. The van der Waals surface area contributed by atoms with Crippen molar-refractivity contribution in [3.05, 3.63) is 51.2 Å². The molecule has 0 aliphatic rings. The number of hydrogen-bond acceptors (Lipinski definition) is 2. The third-order valence-electron chi connectivity index (χ3n) is 2.37. The summed E-state index contributed by atoms with van der Waals surface area (Å²) in [7, 11) is 0. The van der Waals surface area contributed by atoms with E-state index >= 15 is 0 Å². The van der Waals surface area contributed by atoms with Gasteiger partial charge in [0, 0.05) is 11.8 Å². The van der Waals surface area contributed by atoms with Gasteiger partial charge in [-0.05, 0) is 29.3 Å². The maximum absolute atomic E-state index is 9.28. The average molecular weight is 289 g/mol. The van der Waals surface area contributed by atoms with Crippen molar-refractivity contribution in [2.75, 3.05) is 0 Å². The average Bonchev–Trinajstić information content (AvgIpc) is 2.32. The Balaban J connectivity index is 2.63. The molecule has 2 rings (SSSR count). The van der Waals surface area contributed by atoms with Crippen LogP contribution in [0.25, 0.3) is 11.1 Å². The summed E-state index contributed by atoms with van der Waals surface area (Å²) in [5.74, 6) is 0. The van der Waals surface area contributed by atoms with Gasteiger partial charge in [-0.25, -0.2) is 4.98 Å². The summed E-state index contributed by atoms with van der Waals surface area (Å²) in [6, 6.07) is 6.88. The van der Waals surface area contributed by atoms with Crippen LogP contribution in [0.2, 0.25) is 15.2 Å². The number of aromatic nitrogens is 1. The molecule has 0 aliphatic carbocycles. The first-order chi connectivity index (χ1) is 8.13. The molecule has 0 atom stereocenters. The van der Waals surface area contributed by atoms with E-state index in [1.165, 1.54) is 0 Å². The molecule has 0 radical (unpaired) electrons. The van der Waals surface area contributed by atoms with Crippen molar-refractivity contribution in [1.29, 1.82) is 0 Å². The van der Waals surface area contributed by atoms with Crippen molar-refractivity contribution < 1.29 is 5.11 Å². The third-order valence-corrected chi connectivity index (χ3v) is 3.40. The summed E-state index contributed by atoms with van der Waals surface area (Å²) in [4.78, 5) is 3.99. The fraction of sp³-hybridized carbons (Fsp3) is 0.0833. The van der Waals surface area contributed by atoms with Gasteiger partial charge in [0.05, 0.1) is 16.7 Å². The minimum absolute atomic E-state index is 0.113. The molecule has 0 fully saturated rings. The fourth-order valence-electron chi connectivity index (χ4n) is 1.56. The van der Waals surface area contributed by atoms with Crippen LogP contribution in [0.3, 0.4) is 0 Å². The quantitative estimate of drug-likeness (QED) is 0.840. The van der Waals surface area contributed by atoms with Crippen LogP contribution in [0.1, 0.15) is 5.56 Å². The van der Waals surface area contributed by atoms with Gasteiger partial charge >= 0.3 is 0 Å². The predicted molar refractivity (Wildman–Crippen MR) is 70.6 cm³/mol. The number of hydrogen-bond donors (Lipinski definition) is 1. The molecule has 88 valence electrons. The Bertz CT molecular complexity index is 557. The van der Waals surface area contributed by atoms with E-state index in [1.54, 1.807) is 30.5 Å². The first kappa shape index (κ1) is 12.7. The van der Waals surface area contributed by atoms with Crippen molar-refractivity contribution in [3.63, 3.8) is 0 Å². The van der Waals surface area contributed by atoms with Gasteiger partial charge < -0.3 is 5.11 Å². The standard InChI is InChI=1S/C12H8Cl3NO/c13-9-2-1-7(5-10(9)14)11-8(6-17)3-4-16-12(11)15/h1-5,17H,6H2. The largest absolute Gasteiger partial charge is 0.392 e. The van der Waals surface area contributed by atoms with Gasteiger partial charge in [-0.1, -0.05) is 40.9 Å². The molecule has 0 saturated carbocycles. The topological polar surface area (TPSA) is 33.1 Å². The smallest absolute Gasteiger partial charge is 0.137 e. The molecule has 0 saturated heterocycles. The summed E-state index contributed by atoms with van der Waals surface area (Å²) in [5, 5.41) is 10.5. The molecule has 1 heterocycles. The Morgan fingerprint density at radius 2 is 1.82 bits per heavy atom. The number of pyridine rings is 1. The van der Waals surface area contributed by atoms with E-state index in [0.29, 0.717) is 26.3 Å². The zero-order valence-corrected chi connectivity index (χ0v) is 10.9. The van der Waals surface area contributed by atoms with Crippen LogP contribution in [0.5, 0.6) is 0 Å². The molecule has 5 heteroatoms. The van der Waals surface area contributed by atoms with Gasteiger partial charge in [0.1, 0.15) is 5.15 Å². The van der Waals surface area contributed by atoms with Gasteiger partial charge in [-0.15, -0.1) is 0 Å². The molecule has 0 amide bonds. The lowest BCUT2D eigenvalue weighted by atomic mass is 10.0. The minimum atomic E-state index is -0.113. The van der Waals surface area contributed by atoms with E-state index in [1.807, 2.05) is 0 Å². The molecular weight excluding hydrogens is 280 g/mol. The summed E-state index contributed by atoms with van der Waals surface area (Å²) < 4.78 is 0. The number of aliphatic hydroxyl groups is 1. The second kappa shape index (κ2) is 5.23. The zero-order valence-electron chi connectivity index (χ0n) is 8.62. The highest BCUT2D eigenvalue weighted by atomic mass is 35.5. The molecule has 0 bridgehead atoms. The maximum Gasteiger partial charge on any atom is 0.137 e. The lowest BCUT2D eigenvalue weighted by molar-refractivity contribution is 0.282. The van der Waals surface area contributed by atoms with Gasteiger partial charge in [0.25, 0.3) is 0 Å². The van der Waals surface area contributed by atoms with Gasteiger partial charge in [0.2, 0.25) is 0 Å². The number of nitrogens with zero attached hydrogens (tertiary/aromatic N) is 1. The van der Waals surface area contributed by atoms with Crippen LogP contribution < -0.4 is 0 Å². The lowest BCUT2D eigenvalue weighted by Gasteiger charge is -2.09. The van der Waals surface area contributed by atoms with E-state index in [9.17, 15) is 5.11 Å². The second-order valence-electron chi connectivity index (χ2n) is 3.42. The zero-order chi connectivity index (χ0) is 12.4. The van der Waals surface area contributed by atoms with Crippen molar-refractivity contribution in [2.24, 2.45) is 0 Å². The lowest BCUT2D eigenvalue weighted by Crippen LogP contribution is -1.92. The molecule has 1 aromatic carbocycles. The predicted octanol–water partition coefficient (Wildman–Crippen LogP) is 4.20. The Hall–Kier alpha value is -0.800. The summed E-state index contributed by atoms with van der Waals surface area (Å²) in [6.45, 7) is -0.113.